The predicted molar refractivity (Wildman–Crippen MR) is 78.1 cm³/mol. The van der Waals surface area contributed by atoms with Crippen molar-refractivity contribution in [1.82, 2.24) is 0 Å². The fourth-order valence-electron chi connectivity index (χ4n) is 1.99. The number of hydrogen-bond donors (Lipinski definition) is 1. The molecule has 1 aromatic carbocycles. The summed E-state index contributed by atoms with van der Waals surface area (Å²) < 4.78 is 39.6. The molecular formula is C15H19F3O2S. The Hall–Kier alpha value is -1.17. The van der Waals surface area contributed by atoms with Crippen LogP contribution in [0.4, 0.5) is 13.2 Å². The van der Waals surface area contributed by atoms with Crippen LogP contribution in [-0.4, -0.2) is 16.8 Å². The molecule has 0 aliphatic heterocycles. The molecule has 0 bridgehead atoms. The van der Waals surface area contributed by atoms with Crippen molar-refractivity contribution in [2.45, 2.75) is 44.7 Å². The van der Waals surface area contributed by atoms with Gasteiger partial charge in [0.2, 0.25) is 0 Å². The van der Waals surface area contributed by atoms with E-state index in [0.717, 1.165) is 23.9 Å². The van der Waals surface area contributed by atoms with Crippen LogP contribution in [0.2, 0.25) is 0 Å². The van der Waals surface area contributed by atoms with E-state index < -0.39 is 17.7 Å². The minimum atomic E-state index is -4.49. The summed E-state index contributed by atoms with van der Waals surface area (Å²) in [4.78, 5) is 11.3. The minimum absolute atomic E-state index is 0.0473. The zero-order chi connectivity index (χ0) is 16.4. The van der Waals surface area contributed by atoms with Gasteiger partial charge in [-0.3, -0.25) is 0 Å². The molecule has 21 heavy (non-hydrogen) atoms. The first-order valence-electron chi connectivity index (χ1n) is 6.65. The molecule has 0 amide bonds. The SMILES string of the molecule is CC(C)CSc1c(C(F)(F)F)ccc(C(=O)O)c1C(C)C. The number of benzene rings is 1. The summed E-state index contributed by atoms with van der Waals surface area (Å²) in [6.45, 7) is 7.25. The van der Waals surface area contributed by atoms with Crippen molar-refractivity contribution in [3.63, 3.8) is 0 Å². The Labute approximate surface area is 126 Å². The molecule has 1 aromatic rings. The first kappa shape index (κ1) is 17.9. The molecule has 0 unspecified atom stereocenters. The van der Waals surface area contributed by atoms with E-state index in [2.05, 4.69) is 0 Å². The Morgan fingerprint density at radius 1 is 1.24 bits per heavy atom. The Bertz CT molecular complexity index is 522. The highest BCUT2D eigenvalue weighted by atomic mass is 32.2. The fraction of sp³-hybridized carbons (Fsp3) is 0.533. The van der Waals surface area contributed by atoms with Gasteiger partial charge >= 0.3 is 12.1 Å². The number of carboxylic acid groups (broad SMARTS) is 1. The summed E-state index contributed by atoms with van der Waals surface area (Å²) in [6.07, 6.45) is -4.49. The summed E-state index contributed by atoms with van der Waals surface area (Å²) in [5.74, 6) is -0.775. The van der Waals surface area contributed by atoms with Crippen molar-refractivity contribution in [3.05, 3.63) is 28.8 Å². The molecule has 0 atom stereocenters. The third-order valence-electron chi connectivity index (χ3n) is 2.87. The third-order valence-corrected chi connectivity index (χ3v) is 4.43. The average molecular weight is 320 g/mol. The molecule has 0 saturated heterocycles. The molecule has 1 rings (SSSR count). The number of aromatic carboxylic acids is 1. The fourth-order valence-corrected chi connectivity index (χ4v) is 3.33. The minimum Gasteiger partial charge on any atom is -0.478 e. The molecule has 2 nitrogen and oxygen atoms in total. The summed E-state index contributed by atoms with van der Waals surface area (Å²) in [5, 5.41) is 9.22. The molecule has 0 spiro atoms. The van der Waals surface area contributed by atoms with E-state index in [4.69, 9.17) is 0 Å². The van der Waals surface area contributed by atoms with Crippen LogP contribution in [0.5, 0.6) is 0 Å². The lowest BCUT2D eigenvalue weighted by Crippen LogP contribution is -2.14. The monoisotopic (exact) mass is 320 g/mol. The maximum Gasteiger partial charge on any atom is 0.417 e. The largest absolute Gasteiger partial charge is 0.478 e. The highest BCUT2D eigenvalue weighted by Gasteiger charge is 2.36. The lowest BCUT2D eigenvalue weighted by atomic mass is 9.94. The molecule has 0 radical (unpaired) electrons. The summed E-state index contributed by atoms with van der Waals surface area (Å²) >= 11 is 1.09. The van der Waals surface area contributed by atoms with E-state index in [9.17, 15) is 23.1 Å². The van der Waals surface area contributed by atoms with E-state index in [-0.39, 0.29) is 27.9 Å². The lowest BCUT2D eigenvalue weighted by Gasteiger charge is -2.21. The molecule has 0 aliphatic carbocycles. The second kappa shape index (κ2) is 6.73. The van der Waals surface area contributed by atoms with E-state index in [1.807, 2.05) is 13.8 Å². The van der Waals surface area contributed by atoms with Crippen molar-refractivity contribution < 1.29 is 23.1 Å². The Balaban J connectivity index is 3.54. The summed E-state index contributed by atoms with van der Waals surface area (Å²) in [7, 11) is 0. The van der Waals surface area contributed by atoms with Crippen molar-refractivity contribution in [2.75, 3.05) is 5.75 Å². The Morgan fingerprint density at radius 2 is 1.81 bits per heavy atom. The average Bonchev–Trinajstić information content (AvgIpc) is 2.33. The number of rotatable bonds is 5. The van der Waals surface area contributed by atoms with Gasteiger partial charge in [-0.25, -0.2) is 4.79 Å². The van der Waals surface area contributed by atoms with E-state index in [1.165, 1.54) is 0 Å². The second-order valence-corrected chi connectivity index (χ2v) is 6.60. The van der Waals surface area contributed by atoms with Gasteiger partial charge in [0.05, 0.1) is 11.1 Å². The van der Waals surface area contributed by atoms with Crippen LogP contribution in [0, 0.1) is 5.92 Å². The number of alkyl halides is 3. The van der Waals surface area contributed by atoms with Crippen molar-refractivity contribution in [2.24, 2.45) is 5.92 Å². The molecule has 0 fully saturated rings. The van der Waals surface area contributed by atoms with Crippen LogP contribution in [-0.2, 0) is 6.18 Å². The van der Waals surface area contributed by atoms with Gasteiger partial charge in [0.1, 0.15) is 0 Å². The first-order chi connectivity index (χ1) is 9.55. The Kier molecular flexibility index (Phi) is 5.73. The van der Waals surface area contributed by atoms with E-state index in [1.54, 1.807) is 13.8 Å². The zero-order valence-corrected chi connectivity index (χ0v) is 13.2. The van der Waals surface area contributed by atoms with Gasteiger partial charge < -0.3 is 5.11 Å². The standard InChI is InChI=1S/C15H19F3O2S/c1-8(2)7-21-13-11(15(16,17)18)6-5-10(14(19)20)12(13)9(3)4/h5-6,8-9H,7H2,1-4H3,(H,19,20). The van der Waals surface area contributed by atoms with Gasteiger partial charge in [0.15, 0.2) is 0 Å². The van der Waals surface area contributed by atoms with Gasteiger partial charge in [-0.05, 0) is 29.5 Å². The summed E-state index contributed by atoms with van der Waals surface area (Å²) in [6, 6.07) is 1.93. The normalized spacial score (nSPS) is 12.2. The highest BCUT2D eigenvalue weighted by molar-refractivity contribution is 7.99. The van der Waals surface area contributed by atoms with Gasteiger partial charge in [0.25, 0.3) is 0 Å². The number of thioether (sulfide) groups is 1. The lowest BCUT2D eigenvalue weighted by molar-refractivity contribution is -0.139. The number of hydrogen-bond acceptors (Lipinski definition) is 2. The first-order valence-corrected chi connectivity index (χ1v) is 7.64. The Morgan fingerprint density at radius 3 is 2.19 bits per heavy atom. The van der Waals surface area contributed by atoms with Gasteiger partial charge in [0, 0.05) is 10.6 Å². The molecule has 1 N–H and O–H groups in total. The van der Waals surface area contributed by atoms with Crippen LogP contribution in [0.25, 0.3) is 0 Å². The highest BCUT2D eigenvalue weighted by Crippen LogP contribution is 2.42. The van der Waals surface area contributed by atoms with E-state index >= 15 is 0 Å². The second-order valence-electron chi connectivity index (χ2n) is 5.57. The van der Waals surface area contributed by atoms with Crippen LogP contribution < -0.4 is 0 Å². The molecular weight excluding hydrogens is 301 g/mol. The summed E-state index contributed by atoms with van der Waals surface area (Å²) in [5.41, 5.74) is -0.533. The van der Waals surface area contributed by atoms with Crippen molar-refractivity contribution in [3.8, 4) is 0 Å². The zero-order valence-electron chi connectivity index (χ0n) is 12.4. The number of halogens is 3. The molecule has 6 heteroatoms. The molecule has 118 valence electrons. The topological polar surface area (TPSA) is 37.3 Å². The van der Waals surface area contributed by atoms with Crippen LogP contribution in [0.15, 0.2) is 17.0 Å². The molecule has 0 saturated carbocycles. The molecule has 0 heterocycles. The van der Waals surface area contributed by atoms with Gasteiger partial charge in [-0.15, -0.1) is 11.8 Å². The smallest absolute Gasteiger partial charge is 0.417 e. The van der Waals surface area contributed by atoms with Gasteiger partial charge in [-0.2, -0.15) is 13.2 Å². The van der Waals surface area contributed by atoms with Crippen molar-refractivity contribution in [1.29, 1.82) is 0 Å². The molecule has 0 aromatic heterocycles. The maximum absolute atomic E-state index is 13.2. The predicted octanol–water partition coefficient (Wildman–Crippen LogP) is 5.28. The number of carboxylic acids is 1. The quantitative estimate of drug-likeness (QED) is 0.750. The van der Waals surface area contributed by atoms with E-state index in [0.29, 0.717) is 5.75 Å². The van der Waals surface area contributed by atoms with Crippen LogP contribution in [0.1, 0.15) is 55.1 Å². The van der Waals surface area contributed by atoms with Crippen LogP contribution in [0.3, 0.4) is 0 Å². The maximum atomic E-state index is 13.2. The van der Waals surface area contributed by atoms with Gasteiger partial charge in [-0.1, -0.05) is 27.7 Å². The third kappa shape index (κ3) is 4.40. The number of carbonyl (C=O) groups is 1. The van der Waals surface area contributed by atoms with Crippen molar-refractivity contribution >= 4 is 17.7 Å². The van der Waals surface area contributed by atoms with Crippen LogP contribution >= 0.6 is 11.8 Å². The molecule has 0 aliphatic rings.